The molecule has 16 nitrogen and oxygen atoms in total. The number of carbonyl (C=O) groups excluding carboxylic acids is 2. The number of unbranched alkanes of at least 4 members (excludes halogenated alkanes) is 2. The lowest BCUT2D eigenvalue weighted by molar-refractivity contribution is -0.384. The number of fused-ring (bicyclic) bond motifs is 3. The van der Waals surface area contributed by atoms with Crippen LogP contribution in [0.3, 0.4) is 0 Å². The highest BCUT2D eigenvalue weighted by molar-refractivity contribution is 6.03. The number of benzene rings is 4. The van der Waals surface area contributed by atoms with Gasteiger partial charge in [-0.15, -0.1) is 6.58 Å². The summed E-state index contributed by atoms with van der Waals surface area (Å²) in [5.74, 6) is -0.205. The van der Waals surface area contributed by atoms with E-state index in [2.05, 4.69) is 18.0 Å². The van der Waals surface area contributed by atoms with Gasteiger partial charge in [-0.1, -0.05) is 92.2 Å². The summed E-state index contributed by atoms with van der Waals surface area (Å²) in [6, 6.07) is 26.1. The van der Waals surface area contributed by atoms with E-state index in [4.69, 9.17) is 33.7 Å². The minimum atomic E-state index is -1.53. The van der Waals surface area contributed by atoms with Gasteiger partial charge in [0.05, 0.1) is 23.2 Å². The maximum absolute atomic E-state index is 15.4. The first-order chi connectivity index (χ1) is 36.2. The van der Waals surface area contributed by atoms with Gasteiger partial charge < -0.3 is 49.0 Å². The molecule has 2 amide bonds. The van der Waals surface area contributed by atoms with Gasteiger partial charge in [-0.3, -0.25) is 14.9 Å². The Morgan fingerprint density at radius 2 is 1.62 bits per heavy atom. The zero-order valence-electron chi connectivity index (χ0n) is 41.9. The molecule has 392 valence electrons. The first-order valence-corrected chi connectivity index (χ1v) is 26.3. The average molecular weight is 1010 g/mol. The fourth-order valence-corrected chi connectivity index (χ4v) is 11.9. The third-order valence-electron chi connectivity index (χ3n) is 15.4. The van der Waals surface area contributed by atoms with Gasteiger partial charge in [0.2, 0.25) is 18.5 Å². The van der Waals surface area contributed by atoms with Gasteiger partial charge in [0.15, 0.2) is 11.5 Å². The monoisotopic (exact) mass is 1010 g/mol. The molecular weight excluding hydrogens is 945 g/mol. The van der Waals surface area contributed by atoms with Crippen LogP contribution in [0.4, 0.5) is 10.5 Å². The van der Waals surface area contributed by atoms with Crippen molar-refractivity contribution in [2.24, 2.45) is 28.8 Å². The van der Waals surface area contributed by atoms with Crippen molar-refractivity contribution in [1.82, 2.24) is 10.2 Å². The van der Waals surface area contributed by atoms with E-state index in [1.54, 1.807) is 24.3 Å². The van der Waals surface area contributed by atoms with Gasteiger partial charge in [0.1, 0.15) is 24.1 Å². The third kappa shape index (κ3) is 11.9. The summed E-state index contributed by atoms with van der Waals surface area (Å²) >= 11 is 0. The molecule has 0 radical (unpaired) electrons. The van der Waals surface area contributed by atoms with E-state index in [0.717, 1.165) is 73.6 Å². The number of rotatable bonds is 24. The van der Waals surface area contributed by atoms with Gasteiger partial charge in [0, 0.05) is 62.8 Å². The Labute approximate surface area is 432 Å². The minimum Gasteiger partial charge on any atom is -0.459 e. The molecule has 0 aromatic heterocycles. The Hall–Kier alpha value is -6.75. The number of hydrogen-bond acceptors (Lipinski definition) is 13. The molecule has 2 saturated carbocycles. The number of oxime groups is 1. The Morgan fingerprint density at radius 3 is 2.38 bits per heavy atom. The molecular formula is C58H68N4O12. The molecule has 6 atom stereocenters. The van der Waals surface area contributed by atoms with E-state index in [0.29, 0.717) is 65.9 Å². The molecule has 16 heteroatoms. The number of non-ortho nitro benzene ring substituents is 1. The molecule has 2 aliphatic heterocycles. The number of hydrogen-bond donors (Lipinski definition) is 3. The van der Waals surface area contributed by atoms with E-state index in [1.807, 2.05) is 65.6 Å². The molecule has 0 saturated heterocycles. The third-order valence-corrected chi connectivity index (χ3v) is 15.4. The van der Waals surface area contributed by atoms with Crippen LogP contribution in [0.25, 0.3) is 0 Å². The van der Waals surface area contributed by atoms with Crippen LogP contribution in [0.1, 0.15) is 112 Å². The summed E-state index contributed by atoms with van der Waals surface area (Å²) in [5, 5.41) is 39.5. The summed E-state index contributed by atoms with van der Waals surface area (Å²) in [6.07, 6.45) is 13.2. The van der Waals surface area contributed by atoms with Crippen molar-refractivity contribution in [3.8, 4) is 23.0 Å². The topological polar surface area (TPSA) is 201 Å². The number of nitrogens with one attached hydrogen (secondary N) is 1. The Balaban J connectivity index is 1.19. The lowest BCUT2D eigenvalue weighted by Gasteiger charge is -2.60. The number of ether oxygens (including phenoxy) is 5. The second kappa shape index (κ2) is 24.5. The molecule has 0 unspecified atom stereocenters. The van der Waals surface area contributed by atoms with Gasteiger partial charge in [0.25, 0.3) is 5.69 Å². The number of allylic oxidation sites excluding steroid dienone is 1. The predicted molar refractivity (Wildman–Crippen MR) is 276 cm³/mol. The summed E-state index contributed by atoms with van der Waals surface area (Å²) in [6.45, 7) is 4.82. The summed E-state index contributed by atoms with van der Waals surface area (Å²) < 4.78 is 32.3. The van der Waals surface area contributed by atoms with Crippen molar-refractivity contribution in [3.05, 3.63) is 148 Å². The first-order valence-electron chi connectivity index (χ1n) is 26.3. The van der Waals surface area contributed by atoms with Crippen LogP contribution >= 0.6 is 0 Å². The second-order valence-corrected chi connectivity index (χ2v) is 20.1. The lowest BCUT2D eigenvalue weighted by atomic mass is 9.55. The zero-order valence-corrected chi connectivity index (χ0v) is 41.9. The van der Waals surface area contributed by atoms with Crippen molar-refractivity contribution >= 4 is 23.4 Å². The fraction of sp³-hybridized carbons (Fsp3) is 0.466. The second-order valence-electron chi connectivity index (χ2n) is 20.1. The molecule has 5 aliphatic rings. The number of carbonyl (C=O) groups is 2. The van der Waals surface area contributed by atoms with E-state index in [1.165, 1.54) is 12.1 Å². The molecule has 3 N–H and O–H groups in total. The van der Waals surface area contributed by atoms with Crippen LogP contribution in [0.15, 0.2) is 120 Å². The molecule has 4 aromatic carbocycles. The van der Waals surface area contributed by atoms with E-state index >= 15 is 4.79 Å². The van der Waals surface area contributed by atoms with Crippen LogP contribution in [-0.4, -0.2) is 76.2 Å². The molecule has 0 spiro atoms. The lowest BCUT2D eigenvalue weighted by Crippen LogP contribution is -2.70. The quantitative estimate of drug-likeness (QED) is 0.0260. The number of amides is 2. The molecule has 4 aromatic rings. The van der Waals surface area contributed by atoms with E-state index in [-0.39, 0.29) is 82.1 Å². The molecule has 3 aliphatic carbocycles. The number of nitro groups is 1. The van der Waals surface area contributed by atoms with Gasteiger partial charge in [-0.05, 0) is 115 Å². The number of aliphatic hydroxyl groups excluding tert-OH is 2. The number of aliphatic hydroxyl groups is 2. The minimum absolute atomic E-state index is 0.0168. The van der Waals surface area contributed by atoms with Gasteiger partial charge >= 0.3 is 6.09 Å². The number of nitro benzene ring substituents is 1. The summed E-state index contributed by atoms with van der Waals surface area (Å²) in [5.41, 5.74) is 4.63. The largest absolute Gasteiger partial charge is 0.459 e. The average Bonchev–Trinajstić information content (AvgIpc) is 4.15. The Kier molecular flexibility index (Phi) is 17.3. The Bertz CT molecular complexity index is 2650. The SMILES string of the molecule is C=CCO[C@@]12Oc3ccc(OC(=O)NCc4ccccc4)cc3[C@H]3[C@H](CCCCO)[C@@H](CCCCO)C=C(C(=NOCc4ccc([N+](=O)[O-])cc4)C[C@@H]1N(Cc1ccc4c(c1)OCO4)C(=O)CCC1CCCC1)[C@H]32. The zero-order chi connectivity index (χ0) is 51.4. The maximum Gasteiger partial charge on any atom is 0.412 e. The van der Waals surface area contributed by atoms with E-state index < -0.39 is 28.8 Å². The van der Waals surface area contributed by atoms with Crippen molar-refractivity contribution in [2.75, 3.05) is 26.6 Å². The van der Waals surface area contributed by atoms with Crippen LogP contribution in [0, 0.1) is 33.8 Å². The van der Waals surface area contributed by atoms with Crippen molar-refractivity contribution in [1.29, 1.82) is 0 Å². The van der Waals surface area contributed by atoms with Crippen molar-refractivity contribution < 1.29 is 53.2 Å². The van der Waals surface area contributed by atoms with Crippen molar-refractivity contribution in [2.45, 2.75) is 121 Å². The molecule has 74 heavy (non-hydrogen) atoms. The van der Waals surface area contributed by atoms with Gasteiger partial charge in [-0.25, -0.2) is 4.79 Å². The molecule has 2 heterocycles. The van der Waals surface area contributed by atoms with E-state index in [9.17, 15) is 25.1 Å². The predicted octanol–water partition coefficient (Wildman–Crippen LogP) is 10.4. The molecule has 2 fully saturated rings. The van der Waals surface area contributed by atoms with Crippen LogP contribution < -0.4 is 24.3 Å². The molecule has 9 rings (SSSR count). The highest BCUT2D eigenvalue weighted by atomic mass is 16.7. The van der Waals surface area contributed by atoms with Gasteiger partial charge in [-0.2, -0.15) is 0 Å². The highest BCUT2D eigenvalue weighted by Crippen LogP contribution is 2.62. The summed E-state index contributed by atoms with van der Waals surface area (Å²) in [7, 11) is 0. The maximum atomic E-state index is 15.4. The van der Waals surface area contributed by atoms with Crippen LogP contribution in [0.2, 0.25) is 0 Å². The highest BCUT2D eigenvalue weighted by Gasteiger charge is 2.65. The smallest absolute Gasteiger partial charge is 0.412 e. The van der Waals surface area contributed by atoms with Crippen LogP contribution in [-0.2, 0) is 34.1 Å². The normalized spacial score (nSPS) is 23.0. The molecule has 0 bridgehead atoms. The first kappa shape index (κ1) is 52.1. The fourth-order valence-electron chi connectivity index (χ4n) is 11.9. The summed E-state index contributed by atoms with van der Waals surface area (Å²) in [4.78, 5) is 48.1. The Morgan fingerprint density at radius 1 is 0.878 bits per heavy atom. The standard InChI is InChI=1S/C58H68N4O12/c1-2-30-71-58-53(61(54(65)27-21-39-12-6-7-13-39)36-42-20-25-51-52(31-42)70-38-69-51)34-49(60-72-37-41-18-22-44(23-19-41)62(67)68)47-32-43(16-8-10-28-63)46(17-9-11-29-64)55(56(47)58)48-33-45(24-26-50(48)74-58)73-57(66)59-35-40-14-4-3-5-15-40/h2-5,14-15,18-20,22-26,31-33,39,43,46,53,55-56,63-64H,1,6-13,16-17,21,27-30,34-38H2,(H,59,66)/t43-,46+,53-,55+,56+,58+/m0/s1. The number of nitrogens with zero attached hydrogens (tertiary/aromatic N) is 3. The van der Waals surface area contributed by atoms with Crippen molar-refractivity contribution in [3.63, 3.8) is 0 Å². The van der Waals surface area contributed by atoms with Crippen LogP contribution in [0.5, 0.6) is 23.0 Å².